The first-order chi connectivity index (χ1) is 17.8. The molecule has 0 radical (unpaired) electrons. The number of carbonyl (C=O) groups excluding carboxylic acids is 1. The van der Waals surface area contributed by atoms with E-state index < -0.39 is 10.0 Å². The fourth-order valence-electron chi connectivity index (χ4n) is 4.36. The van der Waals surface area contributed by atoms with Crippen molar-refractivity contribution in [3.8, 4) is 11.5 Å². The molecule has 37 heavy (non-hydrogen) atoms. The van der Waals surface area contributed by atoms with Crippen molar-refractivity contribution >= 4 is 27.3 Å². The Morgan fingerprint density at radius 2 is 1.81 bits per heavy atom. The summed E-state index contributed by atoms with van der Waals surface area (Å²) in [6.45, 7) is 2.55. The number of methoxy groups -OCH3 is 2. The molecule has 1 atom stereocenters. The van der Waals surface area contributed by atoms with E-state index in [0.29, 0.717) is 24.5 Å². The van der Waals surface area contributed by atoms with Crippen LogP contribution in [-0.2, 0) is 26.0 Å². The molecule has 0 aliphatic carbocycles. The van der Waals surface area contributed by atoms with Crippen molar-refractivity contribution in [2.75, 3.05) is 47.1 Å². The van der Waals surface area contributed by atoms with Crippen LogP contribution in [0.2, 0.25) is 0 Å². The second kappa shape index (κ2) is 12.1. The third kappa shape index (κ3) is 6.15. The first-order valence-electron chi connectivity index (χ1n) is 12.0. The molecule has 0 unspecified atom stereocenters. The highest BCUT2D eigenvalue weighted by Gasteiger charge is 2.35. The van der Waals surface area contributed by atoms with E-state index in [1.807, 2.05) is 42.6 Å². The van der Waals surface area contributed by atoms with Crippen LogP contribution < -0.4 is 9.47 Å². The quantitative estimate of drug-likeness (QED) is 0.364. The number of benzene rings is 2. The van der Waals surface area contributed by atoms with Gasteiger partial charge in [0.1, 0.15) is 6.61 Å². The maximum absolute atomic E-state index is 13.7. The van der Waals surface area contributed by atoms with Gasteiger partial charge in [-0.25, -0.2) is 8.42 Å². The van der Waals surface area contributed by atoms with E-state index in [0.717, 1.165) is 11.1 Å². The van der Waals surface area contributed by atoms with E-state index in [1.54, 1.807) is 47.6 Å². The highest BCUT2D eigenvalue weighted by molar-refractivity contribution is 7.89. The van der Waals surface area contributed by atoms with Crippen molar-refractivity contribution in [3.05, 3.63) is 76.0 Å². The summed E-state index contributed by atoms with van der Waals surface area (Å²) in [5.74, 6) is 0.914. The molecule has 10 heteroatoms. The summed E-state index contributed by atoms with van der Waals surface area (Å²) in [6.07, 6.45) is 0.715. The first-order valence-corrected chi connectivity index (χ1v) is 14.3. The van der Waals surface area contributed by atoms with Crippen LogP contribution in [0.15, 0.2) is 64.9 Å². The van der Waals surface area contributed by atoms with Crippen LogP contribution in [-0.4, -0.2) is 70.6 Å². The zero-order valence-electron chi connectivity index (χ0n) is 21.3. The third-order valence-electron chi connectivity index (χ3n) is 6.40. The normalized spacial score (nSPS) is 15.5. The van der Waals surface area contributed by atoms with Gasteiger partial charge in [-0.15, -0.1) is 11.3 Å². The molecule has 3 aromatic rings. The Morgan fingerprint density at radius 1 is 1.08 bits per heavy atom. The molecule has 1 aromatic heterocycles. The summed E-state index contributed by atoms with van der Waals surface area (Å²) in [5.41, 5.74) is 1.99. The van der Waals surface area contributed by atoms with Gasteiger partial charge >= 0.3 is 0 Å². The van der Waals surface area contributed by atoms with E-state index in [4.69, 9.17) is 14.2 Å². The zero-order chi connectivity index (χ0) is 26.4. The second-order valence-electron chi connectivity index (χ2n) is 8.76. The molecular weight excluding hydrogens is 512 g/mol. The van der Waals surface area contributed by atoms with Crippen LogP contribution >= 0.6 is 11.3 Å². The number of sulfonamides is 1. The van der Waals surface area contributed by atoms with Crippen LogP contribution in [0, 0.1) is 6.92 Å². The molecule has 0 fully saturated rings. The van der Waals surface area contributed by atoms with E-state index in [2.05, 4.69) is 0 Å². The number of fused-ring (bicyclic) bond motifs is 1. The number of amides is 1. The lowest BCUT2D eigenvalue weighted by Gasteiger charge is -2.37. The minimum atomic E-state index is -3.90. The molecule has 0 N–H and O–H groups in total. The number of aryl methyl sites for hydroxylation is 1. The summed E-state index contributed by atoms with van der Waals surface area (Å²) in [4.78, 5) is 16.8. The molecule has 0 saturated heterocycles. The summed E-state index contributed by atoms with van der Waals surface area (Å²) in [5, 5.41) is 2.02. The van der Waals surface area contributed by atoms with Gasteiger partial charge in [-0.05, 0) is 54.6 Å². The van der Waals surface area contributed by atoms with Gasteiger partial charge in [0, 0.05) is 25.1 Å². The molecule has 0 saturated carbocycles. The van der Waals surface area contributed by atoms with Crippen LogP contribution in [0.25, 0.3) is 0 Å². The smallest absolute Gasteiger partial charge is 0.243 e. The Kier molecular flexibility index (Phi) is 8.86. The van der Waals surface area contributed by atoms with Gasteiger partial charge in [0.05, 0.1) is 31.2 Å². The Balaban J connectivity index is 1.57. The molecule has 1 aliphatic rings. The molecule has 1 amide bonds. The Labute approximate surface area is 222 Å². The predicted octanol–water partition coefficient (Wildman–Crippen LogP) is 3.91. The van der Waals surface area contributed by atoms with Crippen LogP contribution in [0.4, 0.5) is 0 Å². The number of thiophene rings is 1. The maximum Gasteiger partial charge on any atom is 0.243 e. The number of carbonyl (C=O) groups is 1. The lowest BCUT2D eigenvalue weighted by atomic mass is 10.0. The van der Waals surface area contributed by atoms with Gasteiger partial charge in [-0.1, -0.05) is 29.8 Å². The van der Waals surface area contributed by atoms with E-state index in [9.17, 15) is 13.2 Å². The molecule has 8 nitrogen and oxygen atoms in total. The van der Waals surface area contributed by atoms with E-state index in [-0.39, 0.29) is 43.1 Å². The van der Waals surface area contributed by atoms with Crippen molar-refractivity contribution in [1.29, 1.82) is 0 Å². The van der Waals surface area contributed by atoms with Crippen molar-refractivity contribution in [2.45, 2.75) is 24.3 Å². The Morgan fingerprint density at radius 3 is 2.51 bits per heavy atom. The minimum Gasteiger partial charge on any atom is -0.493 e. The van der Waals surface area contributed by atoms with Crippen molar-refractivity contribution in [3.63, 3.8) is 0 Å². The van der Waals surface area contributed by atoms with Crippen LogP contribution in [0.5, 0.6) is 11.5 Å². The molecule has 2 heterocycles. The monoisotopic (exact) mass is 544 g/mol. The zero-order valence-corrected chi connectivity index (χ0v) is 22.9. The summed E-state index contributed by atoms with van der Waals surface area (Å²) in [6, 6.07) is 15.7. The third-order valence-corrected chi connectivity index (χ3v) is 9.25. The lowest BCUT2D eigenvalue weighted by molar-refractivity contribution is -0.135. The summed E-state index contributed by atoms with van der Waals surface area (Å²) in [7, 11) is -0.807. The van der Waals surface area contributed by atoms with Crippen molar-refractivity contribution in [1.82, 2.24) is 9.21 Å². The molecule has 2 aromatic carbocycles. The fraction of sp³-hybridized carbons (Fsp3) is 0.370. The topological polar surface area (TPSA) is 85.4 Å². The SMILES string of the molecule is COCCN(CC(=O)N1CCc2sccc2[C@@H]1COc1ccccc1OC)S(=O)(=O)c1ccc(C)cc1. The Hall–Kier alpha value is -2.92. The van der Waals surface area contributed by atoms with E-state index in [1.165, 1.54) is 16.3 Å². The van der Waals surface area contributed by atoms with Crippen LogP contribution in [0.3, 0.4) is 0 Å². The fourth-order valence-corrected chi connectivity index (χ4v) is 6.66. The van der Waals surface area contributed by atoms with Gasteiger partial charge < -0.3 is 19.1 Å². The molecule has 4 rings (SSSR count). The highest BCUT2D eigenvalue weighted by atomic mass is 32.2. The lowest BCUT2D eigenvalue weighted by Crippen LogP contribution is -2.48. The van der Waals surface area contributed by atoms with Gasteiger partial charge in [0.25, 0.3) is 0 Å². The largest absolute Gasteiger partial charge is 0.493 e. The van der Waals surface area contributed by atoms with Crippen molar-refractivity contribution in [2.24, 2.45) is 0 Å². The first kappa shape index (κ1) is 27.1. The standard InChI is InChI=1S/C27H32N2O6S2/c1-20-8-10-21(11-9-20)37(31,32)28(15-16-33-2)18-27(30)29-14-12-26-22(13-17-36-26)23(29)19-35-25-7-5-4-6-24(25)34-3/h4-11,13,17,23H,12,14-16,18-19H2,1-3H3/t23-/m0/s1. The Bertz CT molecular complexity index is 1310. The van der Waals surface area contributed by atoms with Gasteiger partial charge in [0.15, 0.2) is 11.5 Å². The number of ether oxygens (including phenoxy) is 3. The predicted molar refractivity (Wildman–Crippen MR) is 143 cm³/mol. The summed E-state index contributed by atoms with van der Waals surface area (Å²) < 4.78 is 44.8. The van der Waals surface area contributed by atoms with E-state index >= 15 is 0 Å². The minimum absolute atomic E-state index is 0.0678. The highest BCUT2D eigenvalue weighted by Crippen LogP contribution is 2.35. The molecule has 0 bridgehead atoms. The van der Waals surface area contributed by atoms with Crippen molar-refractivity contribution < 1.29 is 27.4 Å². The number of para-hydroxylation sites is 2. The second-order valence-corrected chi connectivity index (χ2v) is 11.7. The molecule has 198 valence electrons. The average Bonchev–Trinajstić information content (AvgIpc) is 3.39. The van der Waals surface area contributed by atoms with Gasteiger partial charge in [-0.3, -0.25) is 4.79 Å². The van der Waals surface area contributed by atoms with Gasteiger partial charge in [-0.2, -0.15) is 4.31 Å². The number of hydrogen-bond acceptors (Lipinski definition) is 7. The number of nitrogens with zero attached hydrogens (tertiary/aromatic N) is 2. The van der Waals surface area contributed by atoms with Gasteiger partial charge in [0.2, 0.25) is 15.9 Å². The molecule has 0 spiro atoms. The maximum atomic E-state index is 13.7. The summed E-state index contributed by atoms with van der Waals surface area (Å²) >= 11 is 1.66. The van der Waals surface area contributed by atoms with Crippen LogP contribution in [0.1, 0.15) is 22.0 Å². The number of hydrogen-bond donors (Lipinski definition) is 0. The molecular formula is C27H32N2O6S2. The number of rotatable bonds is 11. The average molecular weight is 545 g/mol. The molecule has 1 aliphatic heterocycles.